The van der Waals surface area contributed by atoms with E-state index in [4.69, 9.17) is 14.2 Å². The van der Waals surface area contributed by atoms with Gasteiger partial charge in [-0.3, -0.25) is 14.5 Å². The summed E-state index contributed by atoms with van der Waals surface area (Å²) < 4.78 is 17.3. The topological polar surface area (TPSA) is 111 Å². The Labute approximate surface area is 231 Å². The van der Waals surface area contributed by atoms with Crippen LogP contribution < -0.4 is 19.1 Å². The molecule has 0 aliphatic carbocycles. The van der Waals surface area contributed by atoms with E-state index >= 15 is 0 Å². The number of nitrogens with zero attached hydrogens (tertiary/aromatic N) is 3. The molecule has 3 aromatic rings. The van der Waals surface area contributed by atoms with Crippen molar-refractivity contribution in [1.82, 2.24) is 10.2 Å². The quantitative estimate of drug-likeness (QED) is 0.231. The van der Waals surface area contributed by atoms with Crippen molar-refractivity contribution in [2.24, 2.45) is 5.92 Å². The van der Waals surface area contributed by atoms with Gasteiger partial charge >= 0.3 is 5.91 Å². The van der Waals surface area contributed by atoms with Gasteiger partial charge in [-0.15, -0.1) is 10.2 Å². The number of amides is 1. The molecule has 9 nitrogen and oxygen atoms in total. The van der Waals surface area contributed by atoms with Gasteiger partial charge in [0, 0.05) is 12.0 Å². The molecule has 39 heavy (non-hydrogen) atoms. The standard InChI is InChI=1S/C29H31N3O6S/c1-15(2)10-11-37-22-9-6-18(14-23(22)36-5)25-24(27(34)28(35)32(25)29-31-30-17(4)39-29)26(33)19-7-8-21-20(13-19)12-16(3)38-21/h6-9,13-16,25,33H,10-12H2,1-5H3/t16-,25-/m1/s1. The molecule has 1 amide bonds. The second kappa shape index (κ2) is 10.7. The van der Waals surface area contributed by atoms with Crippen molar-refractivity contribution in [2.75, 3.05) is 18.6 Å². The Morgan fingerprint density at radius 1 is 1.18 bits per heavy atom. The van der Waals surface area contributed by atoms with Gasteiger partial charge in [0.25, 0.3) is 5.78 Å². The smallest absolute Gasteiger partial charge is 0.301 e. The van der Waals surface area contributed by atoms with E-state index in [0.29, 0.717) is 46.6 Å². The fourth-order valence-electron chi connectivity index (χ4n) is 4.83. The van der Waals surface area contributed by atoms with Gasteiger partial charge in [0.05, 0.1) is 25.3 Å². The van der Waals surface area contributed by atoms with Crippen LogP contribution in [0.2, 0.25) is 0 Å². The zero-order valence-electron chi connectivity index (χ0n) is 22.6. The predicted molar refractivity (Wildman–Crippen MR) is 148 cm³/mol. The fraction of sp³-hybridized carbons (Fsp3) is 0.379. The van der Waals surface area contributed by atoms with Crippen molar-refractivity contribution in [2.45, 2.75) is 52.7 Å². The van der Waals surface area contributed by atoms with Gasteiger partial charge in [0.2, 0.25) is 5.13 Å². The SMILES string of the molecule is COc1cc([C@@H]2C(=C(O)c3ccc4c(c3)C[C@@H](C)O4)C(=O)C(=O)N2c2nnc(C)s2)ccc1OCCC(C)C. The molecular weight excluding hydrogens is 518 g/mol. The molecule has 2 aliphatic rings. The third-order valence-corrected chi connectivity index (χ3v) is 7.63. The molecule has 204 valence electrons. The number of benzene rings is 2. The minimum atomic E-state index is -0.945. The van der Waals surface area contributed by atoms with E-state index in [1.807, 2.05) is 6.92 Å². The van der Waals surface area contributed by atoms with E-state index in [1.54, 1.807) is 43.3 Å². The number of methoxy groups -OCH3 is 1. The maximum absolute atomic E-state index is 13.5. The van der Waals surface area contributed by atoms with Gasteiger partial charge in [0.15, 0.2) is 11.5 Å². The summed E-state index contributed by atoms with van der Waals surface area (Å²) >= 11 is 1.20. The number of carbonyl (C=O) groups is 2. The number of ketones is 1. The summed E-state index contributed by atoms with van der Waals surface area (Å²) in [4.78, 5) is 28.2. The minimum Gasteiger partial charge on any atom is -0.507 e. The molecule has 0 bridgehead atoms. The molecule has 1 fully saturated rings. The molecule has 0 unspecified atom stereocenters. The van der Waals surface area contributed by atoms with E-state index in [1.165, 1.54) is 23.3 Å². The van der Waals surface area contributed by atoms with E-state index in [0.717, 1.165) is 17.7 Å². The molecule has 3 heterocycles. The zero-order chi connectivity index (χ0) is 27.8. The first-order valence-corrected chi connectivity index (χ1v) is 13.7. The fourth-order valence-corrected chi connectivity index (χ4v) is 5.55. The van der Waals surface area contributed by atoms with Crippen LogP contribution in [0.25, 0.3) is 5.76 Å². The number of anilines is 1. The molecule has 2 atom stereocenters. The van der Waals surface area contributed by atoms with E-state index in [-0.39, 0.29) is 22.6 Å². The zero-order valence-corrected chi connectivity index (χ0v) is 23.4. The molecule has 5 rings (SSSR count). The Kier molecular flexibility index (Phi) is 7.31. The third-order valence-electron chi connectivity index (χ3n) is 6.79. The second-order valence-corrected chi connectivity index (χ2v) is 11.3. The number of hydrogen-bond acceptors (Lipinski definition) is 9. The first-order chi connectivity index (χ1) is 18.7. The van der Waals surface area contributed by atoms with Gasteiger partial charge in [-0.25, -0.2) is 0 Å². The number of carbonyl (C=O) groups excluding carboxylic acids is 2. The highest BCUT2D eigenvalue weighted by atomic mass is 32.1. The molecule has 1 N–H and O–H groups in total. The number of aliphatic hydroxyl groups is 1. The van der Waals surface area contributed by atoms with Gasteiger partial charge in [-0.05, 0) is 67.6 Å². The van der Waals surface area contributed by atoms with Crippen LogP contribution >= 0.6 is 11.3 Å². The Balaban J connectivity index is 1.62. The van der Waals surface area contributed by atoms with Gasteiger partial charge in [0.1, 0.15) is 22.6 Å². The van der Waals surface area contributed by atoms with Crippen LogP contribution in [0.3, 0.4) is 0 Å². The lowest BCUT2D eigenvalue weighted by Gasteiger charge is -2.23. The summed E-state index contributed by atoms with van der Waals surface area (Å²) in [7, 11) is 1.53. The average molecular weight is 550 g/mol. The highest BCUT2D eigenvalue weighted by molar-refractivity contribution is 7.15. The van der Waals surface area contributed by atoms with E-state index < -0.39 is 17.7 Å². The van der Waals surface area contributed by atoms with Gasteiger partial charge < -0.3 is 19.3 Å². The summed E-state index contributed by atoms with van der Waals surface area (Å²) in [6.45, 7) is 8.51. The first kappa shape index (κ1) is 26.7. The molecule has 2 aromatic carbocycles. The van der Waals surface area contributed by atoms with Crippen LogP contribution in [-0.2, 0) is 16.0 Å². The van der Waals surface area contributed by atoms with Crippen molar-refractivity contribution >= 4 is 33.9 Å². The number of aromatic nitrogens is 2. The van der Waals surface area contributed by atoms with Crippen molar-refractivity contribution in [3.05, 3.63) is 63.7 Å². The van der Waals surface area contributed by atoms with Crippen molar-refractivity contribution in [3.63, 3.8) is 0 Å². The van der Waals surface area contributed by atoms with Crippen molar-refractivity contribution in [3.8, 4) is 17.2 Å². The summed E-state index contributed by atoms with van der Waals surface area (Å²) in [6, 6.07) is 9.59. The van der Waals surface area contributed by atoms with Crippen LogP contribution in [0.4, 0.5) is 5.13 Å². The molecule has 1 aromatic heterocycles. The average Bonchev–Trinajstić information content (AvgIpc) is 3.57. The van der Waals surface area contributed by atoms with Crippen LogP contribution in [0.15, 0.2) is 42.0 Å². The Morgan fingerprint density at radius 3 is 2.67 bits per heavy atom. The maximum atomic E-state index is 13.5. The highest BCUT2D eigenvalue weighted by Crippen LogP contribution is 2.45. The summed E-state index contributed by atoms with van der Waals surface area (Å²) in [5.74, 6) is 0.397. The lowest BCUT2D eigenvalue weighted by molar-refractivity contribution is -0.132. The number of hydrogen-bond donors (Lipinski definition) is 1. The lowest BCUT2D eigenvalue weighted by atomic mass is 9.94. The number of ether oxygens (including phenoxy) is 3. The first-order valence-electron chi connectivity index (χ1n) is 12.9. The molecule has 0 spiro atoms. The molecule has 10 heteroatoms. The third kappa shape index (κ3) is 5.08. The summed E-state index contributed by atoms with van der Waals surface area (Å²) in [5.41, 5.74) is 1.90. The number of rotatable bonds is 8. The Bertz CT molecular complexity index is 1460. The largest absolute Gasteiger partial charge is 0.507 e. The minimum absolute atomic E-state index is 0.0253. The summed E-state index contributed by atoms with van der Waals surface area (Å²) in [6.07, 6.45) is 1.59. The van der Waals surface area contributed by atoms with Crippen LogP contribution in [0.5, 0.6) is 17.2 Å². The van der Waals surface area contributed by atoms with Crippen LogP contribution in [-0.4, -0.2) is 46.8 Å². The molecule has 2 aliphatic heterocycles. The number of aliphatic hydroxyl groups excluding tert-OH is 1. The predicted octanol–water partition coefficient (Wildman–Crippen LogP) is 5.23. The highest BCUT2D eigenvalue weighted by Gasteiger charge is 2.48. The van der Waals surface area contributed by atoms with Crippen LogP contribution in [0, 0.1) is 12.8 Å². The van der Waals surface area contributed by atoms with Crippen molar-refractivity contribution in [1.29, 1.82) is 0 Å². The lowest BCUT2D eigenvalue weighted by Crippen LogP contribution is -2.29. The molecule has 0 radical (unpaired) electrons. The summed E-state index contributed by atoms with van der Waals surface area (Å²) in [5, 5.41) is 20.6. The second-order valence-electron chi connectivity index (χ2n) is 10.2. The number of Topliss-reactive ketones (excluding diaryl/α,β-unsaturated/α-hetero) is 1. The number of aryl methyl sites for hydroxylation is 1. The normalized spacial score (nSPS) is 19.9. The van der Waals surface area contributed by atoms with Crippen molar-refractivity contribution < 1.29 is 28.9 Å². The van der Waals surface area contributed by atoms with E-state index in [9.17, 15) is 14.7 Å². The van der Waals surface area contributed by atoms with Gasteiger partial charge in [-0.2, -0.15) is 0 Å². The van der Waals surface area contributed by atoms with Gasteiger partial charge in [-0.1, -0.05) is 31.3 Å². The monoisotopic (exact) mass is 549 g/mol. The molecule has 0 saturated carbocycles. The number of fused-ring (bicyclic) bond motifs is 1. The maximum Gasteiger partial charge on any atom is 0.301 e. The van der Waals surface area contributed by atoms with Crippen LogP contribution in [0.1, 0.15) is 54.9 Å². The Morgan fingerprint density at radius 2 is 1.97 bits per heavy atom. The molecule has 1 saturated heterocycles. The van der Waals surface area contributed by atoms with E-state index in [2.05, 4.69) is 24.0 Å². The molecular formula is C29H31N3O6S. The Hall–Kier alpha value is -3.92.